The minimum atomic E-state index is -1.89. The molecule has 0 aromatic rings. The second kappa shape index (κ2) is 18.0. The standard InChI is InChI=1S/C48H78O18/c1-43(2)16-17-48(15-10-22-23(47(48,7)21-43)8-9-28-45(22,5)13-11-27-44(3,4)29(51)12-14-46(27,28)6)42(60)66-41-36(58)33(55)31(53)26(64-41)20-61-39-37(59)34(56)38(25(19-50)63-39)65-40-35(57)32(54)30(52)24(18-49)62-40/h10,23-41,49-59H,8-9,11-21H2,1-7H3/t23?,24-,25+,26+,27-,28-,29-,30-,31+,32+,33-,34+,35+,36+,37+,38+,39+,40-,41-,45-,46-,47-,48-/m0/s1. The third-order valence-electron chi connectivity index (χ3n) is 19.1. The predicted molar refractivity (Wildman–Crippen MR) is 230 cm³/mol. The van der Waals surface area contributed by atoms with Crippen LogP contribution in [0.1, 0.15) is 113 Å². The van der Waals surface area contributed by atoms with Gasteiger partial charge in [0, 0.05) is 0 Å². The zero-order valence-electron chi connectivity index (χ0n) is 39.5. The summed E-state index contributed by atoms with van der Waals surface area (Å²) in [6.45, 7) is 13.9. The number of fused-ring (bicyclic) bond motifs is 7. The van der Waals surface area contributed by atoms with Gasteiger partial charge in [-0.3, -0.25) is 4.79 Å². The molecule has 8 aliphatic rings. The molecule has 378 valence electrons. The zero-order valence-corrected chi connectivity index (χ0v) is 39.5. The number of hydrogen-bond acceptors (Lipinski definition) is 18. The van der Waals surface area contributed by atoms with E-state index < -0.39 is 129 Å². The van der Waals surface area contributed by atoms with E-state index in [0.717, 1.165) is 51.4 Å². The molecule has 0 radical (unpaired) electrons. The van der Waals surface area contributed by atoms with Crippen molar-refractivity contribution in [1.29, 1.82) is 0 Å². The Morgan fingerprint density at radius 3 is 1.91 bits per heavy atom. The van der Waals surface area contributed by atoms with Crippen LogP contribution in [0, 0.1) is 50.2 Å². The Bertz CT molecular complexity index is 1790. The summed E-state index contributed by atoms with van der Waals surface area (Å²) in [4.78, 5) is 15.1. The Kier molecular flexibility index (Phi) is 13.9. The molecule has 0 spiro atoms. The molecule has 23 atom stereocenters. The van der Waals surface area contributed by atoms with Crippen LogP contribution in [-0.2, 0) is 33.2 Å². The van der Waals surface area contributed by atoms with Crippen molar-refractivity contribution in [2.45, 2.75) is 211 Å². The fourth-order valence-electron chi connectivity index (χ4n) is 15.3. The Labute approximate surface area is 387 Å². The van der Waals surface area contributed by atoms with Gasteiger partial charge in [0.1, 0.15) is 73.2 Å². The molecule has 0 aromatic carbocycles. The minimum absolute atomic E-state index is 0.0670. The van der Waals surface area contributed by atoms with E-state index in [0.29, 0.717) is 24.7 Å². The van der Waals surface area contributed by atoms with E-state index in [1.54, 1.807) is 0 Å². The molecule has 66 heavy (non-hydrogen) atoms. The normalized spacial score (nSPS) is 53.3. The Hall–Kier alpha value is -1.43. The van der Waals surface area contributed by atoms with Gasteiger partial charge in [-0.15, -0.1) is 0 Å². The monoisotopic (exact) mass is 943 g/mol. The highest BCUT2D eigenvalue weighted by molar-refractivity contribution is 5.79. The molecule has 3 heterocycles. The maximum absolute atomic E-state index is 15.1. The first-order valence-corrected chi connectivity index (χ1v) is 24.3. The van der Waals surface area contributed by atoms with E-state index in [1.165, 1.54) is 5.57 Å². The maximum Gasteiger partial charge on any atom is 0.315 e. The number of allylic oxidation sites excluding steroid dienone is 2. The number of aliphatic hydroxyl groups excluding tert-OH is 11. The van der Waals surface area contributed by atoms with E-state index >= 15 is 4.79 Å². The van der Waals surface area contributed by atoms with E-state index in [2.05, 4.69) is 54.5 Å². The molecular weight excluding hydrogens is 865 g/mol. The van der Waals surface area contributed by atoms with Gasteiger partial charge in [0.25, 0.3) is 0 Å². The quantitative estimate of drug-likeness (QED) is 0.108. The molecule has 11 N–H and O–H groups in total. The van der Waals surface area contributed by atoms with Crippen LogP contribution >= 0.6 is 0 Å². The third kappa shape index (κ3) is 7.96. The van der Waals surface area contributed by atoms with Gasteiger partial charge in [0.05, 0.1) is 31.3 Å². The van der Waals surface area contributed by atoms with Crippen LogP contribution in [0.4, 0.5) is 0 Å². The summed E-state index contributed by atoms with van der Waals surface area (Å²) in [5.41, 5.74) is -0.353. The minimum Gasteiger partial charge on any atom is -0.432 e. The third-order valence-corrected chi connectivity index (χ3v) is 19.1. The first kappa shape index (κ1) is 50.9. The van der Waals surface area contributed by atoms with Crippen molar-refractivity contribution in [1.82, 2.24) is 0 Å². The number of rotatable bonds is 9. The summed E-state index contributed by atoms with van der Waals surface area (Å²) in [6.07, 6.45) is -15.2. The summed E-state index contributed by atoms with van der Waals surface area (Å²) < 4.78 is 34.6. The highest BCUT2D eigenvalue weighted by Crippen LogP contribution is 2.75. The van der Waals surface area contributed by atoms with Crippen molar-refractivity contribution in [2.75, 3.05) is 19.8 Å². The van der Waals surface area contributed by atoms with Crippen molar-refractivity contribution in [3.63, 3.8) is 0 Å². The highest BCUT2D eigenvalue weighted by atomic mass is 16.8. The topological polar surface area (TPSA) is 295 Å². The Morgan fingerprint density at radius 2 is 1.24 bits per heavy atom. The number of carbonyl (C=O) groups excluding carboxylic acids is 1. The van der Waals surface area contributed by atoms with Gasteiger partial charge < -0.3 is 84.6 Å². The summed E-state index contributed by atoms with van der Waals surface area (Å²) >= 11 is 0. The highest BCUT2D eigenvalue weighted by Gasteiger charge is 2.69. The molecule has 8 rings (SSSR count). The molecule has 1 unspecified atom stereocenters. The van der Waals surface area contributed by atoms with E-state index in [1.807, 2.05) is 0 Å². The van der Waals surface area contributed by atoms with Gasteiger partial charge in [-0.05, 0) is 109 Å². The smallest absolute Gasteiger partial charge is 0.315 e. The number of ether oxygens (including phenoxy) is 6. The maximum atomic E-state index is 15.1. The fourth-order valence-corrected chi connectivity index (χ4v) is 15.3. The first-order chi connectivity index (χ1) is 30.8. The van der Waals surface area contributed by atoms with Gasteiger partial charge in [0.2, 0.25) is 6.29 Å². The molecule has 5 aliphatic carbocycles. The van der Waals surface area contributed by atoms with Crippen LogP contribution in [0.3, 0.4) is 0 Å². The van der Waals surface area contributed by atoms with Crippen LogP contribution in [0.2, 0.25) is 0 Å². The van der Waals surface area contributed by atoms with E-state index in [-0.39, 0.29) is 33.7 Å². The van der Waals surface area contributed by atoms with E-state index in [4.69, 9.17) is 28.4 Å². The lowest BCUT2D eigenvalue weighted by Crippen LogP contribution is -2.65. The van der Waals surface area contributed by atoms with Crippen LogP contribution in [0.25, 0.3) is 0 Å². The van der Waals surface area contributed by atoms with Crippen molar-refractivity contribution < 1.29 is 89.4 Å². The lowest BCUT2D eigenvalue weighted by atomic mass is 9.35. The van der Waals surface area contributed by atoms with E-state index in [9.17, 15) is 56.2 Å². The van der Waals surface area contributed by atoms with Gasteiger partial charge in [-0.2, -0.15) is 0 Å². The van der Waals surface area contributed by atoms with Gasteiger partial charge in [0.15, 0.2) is 12.6 Å². The lowest BCUT2D eigenvalue weighted by Gasteiger charge is -2.69. The van der Waals surface area contributed by atoms with Gasteiger partial charge in [-0.1, -0.05) is 60.1 Å². The largest absolute Gasteiger partial charge is 0.432 e. The molecule has 18 heteroatoms. The van der Waals surface area contributed by atoms with Crippen molar-refractivity contribution in [2.24, 2.45) is 50.2 Å². The summed E-state index contributed by atoms with van der Waals surface area (Å²) in [5.74, 6) is 0.370. The van der Waals surface area contributed by atoms with Crippen LogP contribution in [0.5, 0.6) is 0 Å². The van der Waals surface area contributed by atoms with Crippen LogP contribution in [0.15, 0.2) is 11.6 Å². The summed E-state index contributed by atoms with van der Waals surface area (Å²) in [7, 11) is 0. The second-order valence-corrected chi connectivity index (χ2v) is 23.5. The van der Waals surface area contributed by atoms with Crippen molar-refractivity contribution in [3.05, 3.63) is 11.6 Å². The van der Waals surface area contributed by atoms with Crippen LogP contribution < -0.4 is 0 Å². The average Bonchev–Trinajstić information content (AvgIpc) is 3.26. The fraction of sp³-hybridized carbons (Fsp3) is 0.938. The molecule has 3 aliphatic heterocycles. The number of hydrogen-bond donors (Lipinski definition) is 11. The lowest BCUT2D eigenvalue weighted by molar-refractivity contribution is -0.364. The molecule has 3 saturated heterocycles. The molecule has 4 saturated carbocycles. The molecule has 7 fully saturated rings. The van der Waals surface area contributed by atoms with Gasteiger partial charge >= 0.3 is 5.97 Å². The number of aliphatic hydroxyl groups is 11. The molecule has 18 nitrogen and oxygen atoms in total. The Morgan fingerprint density at radius 1 is 0.636 bits per heavy atom. The van der Waals surface area contributed by atoms with Crippen molar-refractivity contribution in [3.8, 4) is 0 Å². The predicted octanol–water partition coefficient (Wildman–Crippen LogP) is 0.141. The average molecular weight is 943 g/mol. The second-order valence-electron chi connectivity index (χ2n) is 23.5. The molecule has 0 aromatic heterocycles. The molecular formula is C48H78O18. The Balaban J connectivity index is 0.975. The number of esters is 1. The van der Waals surface area contributed by atoms with Gasteiger partial charge in [-0.25, -0.2) is 0 Å². The zero-order chi connectivity index (χ0) is 48.3. The first-order valence-electron chi connectivity index (χ1n) is 24.3. The van der Waals surface area contributed by atoms with Crippen molar-refractivity contribution >= 4 is 5.97 Å². The summed E-state index contributed by atoms with van der Waals surface area (Å²) in [5, 5.41) is 117. The summed E-state index contributed by atoms with van der Waals surface area (Å²) in [6, 6.07) is 0. The number of carbonyl (C=O) groups is 1. The molecule has 0 amide bonds. The van der Waals surface area contributed by atoms with Crippen LogP contribution in [-0.4, -0.2) is 180 Å². The molecule has 0 bridgehead atoms. The SMILES string of the molecule is CC1(C)CC[C@]2(C(=O)O[C@@H]3O[C@H](CO[C@@H]4O[C@H](CO)[C@@H](O[C@@H]5O[C@@H](CO)[C@H](O)[C@@H](O)[C@H]5O)[C@H](O)[C@H]4O)[C@@H](O)[C@H](O)[C@H]3O)CC=C3C(CC[C@@H]4[C@@]5(C)CC[C@H](O)C(C)(C)[C@@H]5CC[C@@]34C)[C@]2(C)C1.